The molecule has 0 spiro atoms. The van der Waals surface area contributed by atoms with Gasteiger partial charge in [-0.3, -0.25) is 9.69 Å². The lowest BCUT2D eigenvalue weighted by Gasteiger charge is -2.43. The molecule has 5 nitrogen and oxygen atoms in total. The lowest BCUT2D eigenvalue weighted by atomic mass is 10.0. The Hall–Kier alpha value is -1.47. The maximum Gasteiger partial charge on any atom is 0.219 e. The molecule has 7 heteroatoms. The fraction of sp³-hybridized carbons (Fsp3) is 0.533. The van der Waals surface area contributed by atoms with Crippen LogP contribution in [0.1, 0.15) is 12.5 Å². The van der Waals surface area contributed by atoms with E-state index in [1.165, 1.54) is 19.1 Å². The number of amides is 1. The second kappa shape index (κ2) is 5.62. The number of nitrogens with zero attached hydrogens (tertiary/aromatic N) is 2. The first kappa shape index (κ1) is 15.4. The topological polar surface area (TPSA) is 57.7 Å². The van der Waals surface area contributed by atoms with Crippen molar-refractivity contribution in [3.63, 3.8) is 0 Å². The van der Waals surface area contributed by atoms with Gasteiger partial charge in [-0.05, 0) is 17.7 Å². The van der Waals surface area contributed by atoms with Crippen molar-refractivity contribution in [3.05, 3.63) is 35.6 Å². The number of sulfone groups is 1. The van der Waals surface area contributed by atoms with E-state index in [9.17, 15) is 17.6 Å². The number of piperazine rings is 1. The van der Waals surface area contributed by atoms with Crippen LogP contribution in [0.4, 0.5) is 4.39 Å². The van der Waals surface area contributed by atoms with Crippen molar-refractivity contribution >= 4 is 15.7 Å². The van der Waals surface area contributed by atoms with E-state index >= 15 is 0 Å². The average molecular weight is 326 g/mol. The molecule has 0 radical (unpaired) electrons. The minimum Gasteiger partial charge on any atom is -0.336 e. The molecule has 3 rings (SSSR count). The summed E-state index contributed by atoms with van der Waals surface area (Å²) in [5.74, 6) is -0.236. The van der Waals surface area contributed by atoms with Crippen LogP contribution in [0.2, 0.25) is 0 Å². The molecule has 2 atom stereocenters. The van der Waals surface area contributed by atoms with E-state index in [0.29, 0.717) is 19.6 Å². The Balaban J connectivity index is 1.81. The molecular formula is C15H19FN2O3S. The largest absolute Gasteiger partial charge is 0.336 e. The van der Waals surface area contributed by atoms with Gasteiger partial charge in [0.25, 0.3) is 0 Å². The highest BCUT2D eigenvalue weighted by atomic mass is 32.2. The molecule has 0 aliphatic carbocycles. The van der Waals surface area contributed by atoms with Gasteiger partial charge in [-0.2, -0.15) is 0 Å². The summed E-state index contributed by atoms with van der Waals surface area (Å²) in [6, 6.07) is 5.80. The summed E-state index contributed by atoms with van der Waals surface area (Å²) in [7, 11) is -3.12. The van der Waals surface area contributed by atoms with Crippen LogP contribution in [-0.2, 0) is 21.2 Å². The minimum absolute atomic E-state index is 0.0389. The van der Waals surface area contributed by atoms with Gasteiger partial charge in [-0.15, -0.1) is 0 Å². The lowest BCUT2D eigenvalue weighted by Crippen LogP contribution is -2.59. The molecule has 2 aliphatic rings. The monoisotopic (exact) mass is 326 g/mol. The van der Waals surface area contributed by atoms with E-state index in [0.717, 1.165) is 5.56 Å². The van der Waals surface area contributed by atoms with E-state index in [1.807, 2.05) is 0 Å². The van der Waals surface area contributed by atoms with Crippen molar-refractivity contribution in [2.45, 2.75) is 25.6 Å². The Bertz CT molecular complexity index is 675. The third-order valence-corrected chi connectivity index (χ3v) is 6.19. The molecule has 0 bridgehead atoms. The van der Waals surface area contributed by atoms with Crippen molar-refractivity contribution in [1.29, 1.82) is 0 Å². The summed E-state index contributed by atoms with van der Waals surface area (Å²) < 4.78 is 37.0. The van der Waals surface area contributed by atoms with E-state index < -0.39 is 9.84 Å². The SMILES string of the molecule is CC(=O)N1CCN(Cc2ccc(F)cc2)[C@H]2CS(=O)(=O)C[C@H]21. The summed E-state index contributed by atoms with van der Waals surface area (Å²) in [4.78, 5) is 15.5. The third-order valence-electron chi connectivity index (χ3n) is 4.49. The average Bonchev–Trinajstić information content (AvgIpc) is 2.76. The zero-order chi connectivity index (χ0) is 15.9. The number of benzene rings is 1. The smallest absolute Gasteiger partial charge is 0.219 e. The standard InChI is InChI=1S/C15H19FN2O3S/c1-11(19)18-7-6-17(8-12-2-4-13(16)5-3-12)14-9-22(20,21)10-15(14)18/h2-5,14-15H,6-10H2,1H3/t14-,15+/m0/s1. The van der Waals surface area contributed by atoms with Crippen LogP contribution < -0.4 is 0 Å². The molecular weight excluding hydrogens is 307 g/mol. The molecule has 22 heavy (non-hydrogen) atoms. The Morgan fingerprint density at radius 1 is 1.18 bits per heavy atom. The summed E-state index contributed by atoms with van der Waals surface area (Å²) in [5.41, 5.74) is 0.945. The summed E-state index contributed by atoms with van der Waals surface area (Å²) in [6.45, 7) is 3.22. The molecule has 120 valence electrons. The van der Waals surface area contributed by atoms with E-state index in [2.05, 4.69) is 4.90 Å². The summed E-state index contributed by atoms with van der Waals surface area (Å²) >= 11 is 0. The highest BCUT2D eigenvalue weighted by Gasteiger charge is 2.47. The minimum atomic E-state index is -3.12. The zero-order valence-electron chi connectivity index (χ0n) is 12.4. The molecule has 2 aliphatic heterocycles. The van der Waals surface area contributed by atoms with Crippen molar-refractivity contribution in [3.8, 4) is 0 Å². The number of hydrogen-bond donors (Lipinski definition) is 0. The van der Waals surface area contributed by atoms with Gasteiger partial charge < -0.3 is 4.90 Å². The molecule has 1 aromatic rings. The van der Waals surface area contributed by atoms with Crippen LogP contribution in [0, 0.1) is 5.82 Å². The fourth-order valence-corrected chi connectivity index (χ4v) is 5.45. The van der Waals surface area contributed by atoms with Crippen LogP contribution in [0.25, 0.3) is 0 Å². The quantitative estimate of drug-likeness (QED) is 0.801. The molecule has 2 fully saturated rings. The van der Waals surface area contributed by atoms with E-state index in [4.69, 9.17) is 0 Å². The first-order chi connectivity index (χ1) is 10.4. The maximum absolute atomic E-state index is 13.0. The van der Waals surface area contributed by atoms with Crippen molar-refractivity contribution in [1.82, 2.24) is 9.80 Å². The predicted octanol–water partition coefficient (Wildman–Crippen LogP) is 0.655. The molecule has 0 aromatic heterocycles. The van der Waals surface area contributed by atoms with Crippen LogP contribution in [-0.4, -0.2) is 60.8 Å². The predicted molar refractivity (Wildman–Crippen MR) is 80.4 cm³/mol. The lowest BCUT2D eigenvalue weighted by molar-refractivity contribution is -0.134. The van der Waals surface area contributed by atoms with Gasteiger partial charge in [0, 0.05) is 32.6 Å². The Kier molecular flexibility index (Phi) is 3.94. The molecule has 0 N–H and O–H groups in total. The van der Waals surface area contributed by atoms with Gasteiger partial charge in [-0.1, -0.05) is 12.1 Å². The molecule has 2 heterocycles. The number of hydrogen-bond acceptors (Lipinski definition) is 4. The van der Waals surface area contributed by atoms with Crippen molar-refractivity contribution in [2.75, 3.05) is 24.6 Å². The van der Waals surface area contributed by atoms with Crippen LogP contribution >= 0.6 is 0 Å². The number of rotatable bonds is 2. The van der Waals surface area contributed by atoms with Gasteiger partial charge >= 0.3 is 0 Å². The number of halogens is 1. The number of carbonyl (C=O) groups is 1. The van der Waals surface area contributed by atoms with Crippen LogP contribution in [0.5, 0.6) is 0 Å². The summed E-state index contributed by atoms with van der Waals surface area (Å²) in [5, 5.41) is 0. The second-order valence-electron chi connectivity index (χ2n) is 6.02. The third kappa shape index (κ3) is 3.01. The first-order valence-corrected chi connectivity index (χ1v) is 9.14. The Morgan fingerprint density at radius 3 is 2.45 bits per heavy atom. The summed E-state index contributed by atoms with van der Waals surface area (Å²) in [6.07, 6.45) is 0. The Morgan fingerprint density at radius 2 is 1.82 bits per heavy atom. The van der Waals surface area contributed by atoms with Gasteiger partial charge in [0.15, 0.2) is 9.84 Å². The molecule has 2 saturated heterocycles. The molecule has 0 unspecified atom stereocenters. The fourth-order valence-electron chi connectivity index (χ4n) is 3.44. The van der Waals surface area contributed by atoms with E-state index in [-0.39, 0.29) is 35.3 Å². The molecule has 0 saturated carbocycles. The first-order valence-electron chi connectivity index (χ1n) is 7.32. The van der Waals surface area contributed by atoms with Crippen LogP contribution in [0.15, 0.2) is 24.3 Å². The van der Waals surface area contributed by atoms with E-state index in [1.54, 1.807) is 17.0 Å². The van der Waals surface area contributed by atoms with Crippen molar-refractivity contribution in [2.24, 2.45) is 0 Å². The van der Waals surface area contributed by atoms with Crippen LogP contribution in [0.3, 0.4) is 0 Å². The zero-order valence-corrected chi connectivity index (χ0v) is 13.2. The van der Waals surface area contributed by atoms with Gasteiger partial charge in [-0.25, -0.2) is 12.8 Å². The van der Waals surface area contributed by atoms with Gasteiger partial charge in [0.05, 0.1) is 17.5 Å². The highest BCUT2D eigenvalue weighted by Crippen LogP contribution is 2.28. The highest BCUT2D eigenvalue weighted by molar-refractivity contribution is 7.91. The molecule has 1 amide bonds. The van der Waals surface area contributed by atoms with Crippen molar-refractivity contribution < 1.29 is 17.6 Å². The normalized spacial score (nSPS) is 27.6. The number of fused-ring (bicyclic) bond motifs is 1. The maximum atomic E-state index is 13.0. The second-order valence-corrected chi connectivity index (χ2v) is 8.17. The van der Waals surface area contributed by atoms with Gasteiger partial charge in [0.1, 0.15) is 5.82 Å². The number of carbonyl (C=O) groups excluding carboxylic acids is 1. The van der Waals surface area contributed by atoms with Gasteiger partial charge in [0.2, 0.25) is 5.91 Å². The Labute approximate surface area is 129 Å². The molecule has 1 aromatic carbocycles.